The standard InChI is InChI=1S/C15H14Cl2N4/c16-12-2-1-3-13(17)11(12)8-18-21-14(9-4-5-9)19-20-15(21)10-6-7-10/h1-3,8-10H,4-7H2/b18-8+. The number of aromatic nitrogens is 3. The summed E-state index contributed by atoms with van der Waals surface area (Å²) in [5, 5.41) is 14.4. The van der Waals surface area contributed by atoms with Crippen LogP contribution in [0.15, 0.2) is 23.3 Å². The van der Waals surface area contributed by atoms with Gasteiger partial charge in [-0.3, -0.25) is 0 Å². The van der Waals surface area contributed by atoms with Crippen molar-refractivity contribution in [1.29, 1.82) is 0 Å². The molecule has 1 aromatic heterocycles. The lowest BCUT2D eigenvalue weighted by atomic mass is 10.2. The molecular formula is C15H14Cl2N4. The lowest BCUT2D eigenvalue weighted by molar-refractivity contribution is 0.732. The van der Waals surface area contributed by atoms with Crippen molar-refractivity contribution in [2.24, 2.45) is 5.10 Å². The first-order valence-electron chi connectivity index (χ1n) is 7.17. The van der Waals surface area contributed by atoms with Gasteiger partial charge in [0.15, 0.2) is 11.6 Å². The summed E-state index contributed by atoms with van der Waals surface area (Å²) >= 11 is 12.4. The summed E-state index contributed by atoms with van der Waals surface area (Å²) in [7, 11) is 0. The molecule has 0 N–H and O–H groups in total. The van der Waals surface area contributed by atoms with Crippen LogP contribution in [0.5, 0.6) is 0 Å². The lowest BCUT2D eigenvalue weighted by Gasteiger charge is -2.04. The highest BCUT2D eigenvalue weighted by atomic mass is 35.5. The van der Waals surface area contributed by atoms with Crippen molar-refractivity contribution >= 4 is 29.4 Å². The quantitative estimate of drug-likeness (QED) is 0.791. The van der Waals surface area contributed by atoms with Crippen LogP contribution in [0.25, 0.3) is 0 Å². The Morgan fingerprint density at radius 2 is 1.52 bits per heavy atom. The van der Waals surface area contributed by atoms with Gasteiger partial charge in [0.25, 0.3) is 0 Å². The molecule has 108 valence electrons. The van der Waals surface area contributed by atoms with Gasteiger partial charge in [0.1, 0.15) is 0 Å². The van der Waals surface area contributed by atoms with Gasteiger partial charge in [0, 0.05) is 17.4 Å². The van der Waals surface area contributed by atoms with Gasteiger partial charge >= 0.3 is 0 Å². The lowest BCUT2D eigenvalue weighted by Crippen LogP contribution is -2.02. The maximum atomic E-state index is 6.18. The fourth-order valence-electron chi connectivity index (χ4n) is 2.36. The summed E-state index contributed by atoms with van der Waals surface area (Å²) in [6.07, 6.45) is 6.40. The van der Waals surface area contributed by atoms with Crippen LogP contribution < -0.4 is 0 Å². The van der Waals surface area contributed by atoms with Crippen molar-refractivity contribution in [3.8, 4) is 0 Å². The van der Waals surface area contributed by atoms with Gasteiger partial charge in [-0.15, -0.1) is 10.2 Å². The monoisotopic (exact) mass is 320 g/mol. The molecule has 6 heteroatoms. The fourth-order valence-corrected chi connectivity index (χ4v) is 2.86. The normalized spacial score (nSPS) is 18.6. The minimum atomic E-state index is 0.504. The van der Waals surface area contributed by atoms with Crippen molar-refractivity contribution in [3.63, 3.8) is 0 Å². The molecule has 2 aliphatic carbocycles. The average molecular weight is 321 g/mol. The van der Waals surface area contributed by atoms with Gasteiger partial charge in [0.05, 0.1) is 16.3 Å². The van der Waals surface area contributed by atoms with Crippen LogP contribution in [-0.2, 0) is 0 Å². The van der Waals surface area contributed by atoms with Gasteiger partial charge in [-0.1, -0.05) is 29.3 Å². The Morgan fingerprint density at radius 3 is 2.00 bits per heavy atom. The number of hydrogen-bond donors (Lipinski definition) is 0. The van der Waals surface area contributed by atoms with E-state index in [-0.39, 0.29) is 0 Å². The van der Waals surface area contributed by atoms with Crippen molar-refractivity contribution in [1.82, 2.24) is 14.9 Å². The molecule has 2 aliphatic rings. The summed E-state index contributed by atoms with van der Waals surface area (Å²) in [5.41, 5.74) is 0.734. The molecule has 1 heterocycles. The first-order chi connectivity index (χ1) is 10.2. The van der Waals surface area contributed by atoms with E-state index in [2.05, 4.69) is 15.3 Å². The predicted molar refractivity (Wildman–Crippen MR) is 83.4 cm³/mol. The number of nitrogens with zero attached hydrogens (tertiary/aromatic N) is 4. The molecular weight excluding hydrogens is 307 g/mol. The van der Waals surface area contributed by atoms with Crippen molar-refractivity contribution in [2.75, 3.05) is 0 Å². The number of benzene rings is 1. The van der Waals surface area contributed by atoms with Crippen LogP contribution in [0.3, 0.4) is 0 Å². The minimum absolute atomic E-state index is 0.504. The number of halogens is 2. The highest BCUT2D eigenvalue weighted by Gasteiger charge is 2.35. The zero-order valence-corrected chi connectivity index (χ0v) is 12.8. The fraction of sp³-hybridized carbons (Fsp3) is 0.400. The van der Waals surface area contributed by atoms with Gasteiger partial charge in [-0.25, -0.2) is 4.68 Å². The molecule has 0 aliphatic heterocycles. The minimum Gasteiger partial charge on any atom is -0.201 e. The Morgan fingerprint density at radius 1 is 1.00 bits per heavy atom. The largest absolute Gasteiger partial charge is 0.201 e. The molecule has 1 aromatic carbocycles. The van der Waals surface area contributed by atoms with E-state index in [1.165, 1.54) is 25.7 Å². The third-order valence-corrected chi connectivity index (χ3v) is 4.54. The van der Waals surface area contributed by atoms with E-state index in [0.717, 1.165) is 17.2 Å². The second kappa shape index (κ2) is 5.11. The third kappa shape index (κ3) is 2.58. The van der Waals surface area contributed by atoms with Gasteiger partial charge in [-0.2, -0.15) is 5.10 Å². The Balaban J connectivity index is 1.73. The molecule has 21 heavy (non-hydrogen) atoms. The maximum absolute atomic E-state index is 6.18. The van der Waals surface area contributed by atoms with E-state index in [1.807, 2.05) is 22.9 Å². The van der Waals surface area contributed by atoms with Crippen LogP contribution in [0.4, 0.5) is 0 Å². The summed E-state index contributed by atoms with van der Waals surface area (Å²) < 4.78 is 1.90. The van der Waals surface area contributed by atoms with E-state index >= 15 is 0 Å². The van der Waals surface area contributed by atoms with Crippen LogP contribution in [0, 0.1) is 0 Å². The van der Waals surface area contributed by atoms with Crippen LogP contribution >= 0.6 is 23.2 Å². The smallest absolute Gasteiger partial charge is 0.157 e. The van der Waals surface area contributed by atoms with E-state index in [4.69, 9.17) is 23.2 Å². The Kier molecular flexibility index (Phi) is 3.23. The van der Waals surface area contributed by atoms with Gasteiger partial charge < -0.3 is 0 Å². The van der Waals surface area contributed by atoms with Crippen molar-refractivity contribution in [3.05, 3.63) is 45.5 Å². The van der Waals surface area contributed by atoms with Crippen LogP contribution in [-0.4, -0.2) is 21.1 Å². The first-order valence-corrected chi connectivity index (χ1v) is 7.93. The average Bonchev–Trinajstić information content (AvgIpc) is 3.37. The molecule has 0 saturated heterocycles. The topological polar surface area (TPSA) is 43.1 Å². The molecule has 2 fully saturated rings. The van der Waals surface area contributed by atoms with Crippen molar-refractivity contribution < 1.29 is 0 Å². The van der Waals surface area contributed by atoms with Crippen molar-refractivity contribution in [2.45, 2.75) is 37.5 Å². The van der Waals surface area contributed by atoms with E-state index < -0.39 is 0 Å². The third-order valence-electron chi connectivity index (χ3n) is 3.88. The highest BCUT2D eigenvalue weighted by Crippen LogP contribution is 2.43. The molecule has 2 aromatic rings. The number of rotatable bonds is 4. The zero-order chi connectivity index (χ0) is 14.4. The predicted octanol–water partition coefficient (Wildman–Crippen LogP) is 4.22. The van der Waals surface area contributed by atoms with E-state index in [9.17, 15) is 0 Å². The van der Waals surface area contributed by atoms with Crippen LogP contribution in [0.1, 0.15) is 54.7 Å². The maximum Gasteiger partial charge on any atom is 0.157 e. The van der Waals surface area contributed by atoms with E-state index in [1.54, 1.807) is 6.21 Å². The molecule has 4 rings (SSSR count). The highest BCUT2D eigenvalue weighted by molar-refractivity contribution is 6.38. The summed E-state index contributed by atoms with van der Waals surface area (Å²) in [5.74, 6) is 2.94. The molecule has 0 bridgehead atoms. The molecule has 0 amide bonds. The van der Waals surface area contributed by atoms with E-state index in [0.29, 0.717) is 21.9 Å². The second-order valence-corrected chi connectivity index (χ2v) is 6.47. The Labute approximate surface area is 132 Å². The summed E-state index contributed by atoms with van der Waals surface area (Å²) in [4.78, 5) is 0. The number of hydrogen-bond acceptors (Lipinski definition) is 3. The second-order valence-electron chi connectivity index (χ2n) is 5.66. The molecule has 0 spiro atoms. The molecule has 0 unspecified atom stereocenters. The molecule has 0 atom stereocenters. The molecule has 4 nitrogen and oxygen atoms in total. The molecule has 0 radical (unpaired) electrons. The SMILES string of the molecule is Clc1cccc(Cl)c1/C=N/n1c(C2CC2)nnc1C1CC1. The molecule has 2 saturated carbocycles. The summed E-state index contributed by atoms with van der Waals surface area (Å²) in [6, 6.07) is 5.45. The first kappa shape index (κ1) is 13.3. The van der Waals surface area contributed by atoms with Gasteiger partial charge in [-0.05, 0) is 37.8 Å². The van der Waals surface area contributed by atoms with Gasteiger partial charge in [0.2, 0.25) is 0 Å². The summed E-state index contributed by atoms with van der Waals surface area (Å²) in [6.45, 7) is 0. The Hall–Kier alpha value is -1.39. The van der Waals surface area contributed by atoms with Crippen LogP contribution in [0.2, 0.25) is 10.0 Å². The zero-order valence-electron chi connectivity index (χ0n) is 11.3. The Bertz CT molecular complexity index is 665.